The molecule has 0 bridgehead atoms. The highest BCUT2D eigenvalue weighted by Crippen LogP contribution is 2.56. The van der Waals surface area contributed by atoms with Crippen LogP contribution >= 0.6 is 15.9 Å². The van der Waals surface area contributed by atoms with Crippen LogP contribution in [0.15, 0.2) is 22.7 Å². The van der Waals surface area contributed by atoms with E-state index in [0.29, 0.717) is 26.1 Å². The van der Waals surface area contributed by atoms with Crippen LogP contribution in [0.4, 0.5) is 4.39 Å². The van der Waals surface area contributed by atoms with Gasteiger partial charge in [0.2, 0.25) is 11.8 Å². The molecular formula is C26H37BrFN3O2. The highest BCUT2D eigenvalue weighted by molar-refractivity contribution is 9.10. The third-order valence-corrected chi connectivity index (χ3v) is 8.56. The van der Waals surface area contributed by atoms with Crippen molar-refractivity contribution in [2.75, 3.05) is 32.7 Å². The van der Waals surface area contributed by atoms with E-state index in [9.17, 15) is 14.0 Å². The number of carbonyl (C=O) groups is 2. The molecule has 1 N–H and O–H groups in total. The molecule has 2 unspecified atom stereocenters. The van der Waals surface area contributed by atoms with Crippen molar-refractivity contribution in [1.29, 1.82) is 0 Å². The number of rotatable bonds is 7. The number of hydrogen-bond donors (Lipinski definition) is 1. The summed E-state index contributed by atoms with van der Waals surface area (Å²) in [6, 6.07) is 4.93. The lowest BCUT2D eigenvalue weighted by molar-refractivity contribution is -0.134. The first-order valence-electron chi connectivity index (χ1n) is 12.4. The van der Waals surface area contributed by atoms with E-state index in [1.54, 1.807) is 6.07 Å². The van der Waals surface area contributed by atoms with E-state index in [1.807, 2.05) is 11.0 Å². The second-order valence-corrected chi connectivity index (χ2v) is 11.8. The summed E-state index contributed by atoms with van der Waals surface area (Å²) in [6.45, 7) is 8.03. The van der Waals surface area contributed by atoms with Crippen LogP contribution in [-0.2, 0) is 16.1 Å². The second-order valence-electron chi connectivity index (χ2n) is 10.9. The number of benzene rings is 1. The molecule has 1 saturated heterocycles. The standard InChI is InChI=1S/C26H37BrFN3O2/c1-3-18-8-20-13-26(2,14-21(20)9-18)15-24(32)29-16-25(33)31-6-4-30(5-7-31)17-19-10-22(27)12-23(28)11-19/h10-12,18,20-21H,3-9,13-17H2,1-2H3,(H,29,32). The Morgan fingerprint density at radius 3 is 2.39 bits per heavy atom. The van der Waals surface area contributed by atoms with Crippen molar-refractivity contribution in [2.45, 2.75) is 58.9 Å². The van der Waals surface area contributed by atoms with E-state index in [0.717, 1.165) is 53.7 Å². The molecule has 0 radical (unpaired) electrons. The molecule has 1 aromatic carbocycles. The van der Waals surface area contributed by atoms with Gasteiger partial charge in [-0.15, -0.1) is 0 Å². The van der Waals surface area contributed by atoms with Crippen LogP contribution in [-0.4, -0.2) is 54.3 Å². The average molecular weight is 523 g/mol. The van der Waals surface area contributed by atoms with Crippen LogP contribution in [0.2, 0.25) is 0 Å². The number of hydrogen-bond acceptors (Lipinski definition) is 3. The van der Waals surface area contributed by atoms with Gasteiger partial charge < -0.3 is 10.2 Å². The quantitative estimate of drug-likeness (QED) is 0.570. The fourth-order valence-electron chi connectivity index (χ4n) is 6.52. The summed E-state index contributed by atoms with van der Waals surface area (Å²) in [5.41, 5.74) is 1.00. The minimum absolute atomic E-state index is 0.00758. The van der Waals surface area contributed by atoms with Gasteiger partial charge in [-0.1, -0.05) is 36.2 Å². The number of halogens is 2. The molecular weight excluding hydrogens is 485 g/mol. The van der Waals surface area contributed by atoms with Gasteiger partial charge in [-0.2, -0.15) is 0 Å². The predicted molar refractivity (Wildman–Crippen MR) is 131 cm³/mol. The van der Waals surface area contributed by atoms with Crippen molar-refractivity contribution in [3.8, 4) is 0 Å². The molecule has 0 spiro atoms. The molecule has 2 amide bonds. The van der Waals surface area contributed by atoms with Gasteiger partial charge in [0.15, 0.2) is 0 Å². The maximum absolute atomic E-state index is 13.6. The molecule has 3 aliphatic rings. The monoisotopic (exact) mass is 521 g/mol. The Morgan fingerprint density at radius 1 is 1.12 bits per heavy atom. The Labute approximate surface area is 205 Å². The van der Waals surface area contributed by atoms with Gasteiger partial charge in [-0.3, -0.25) is 14.5 Å². The molecule has 5 nitrogen and oxygen atoms in total. The molecule has 0 aromatic heterocycles. The van der Waals surface area contributed by atoms with E-state index in [1.165, 1.54) is 25.3 Å². The number of carbonyl (C=O) groups excluding carboxylic acids is 2. The SMILES string of the molecule is CCC1CC2CC(C)(CC(=O)NCC(=O)N3CCN(Cc4cc(F)cc(Br)c4)CC3)CC2C1. The molecule has 1 aromatic rings. The molecule has 2 saturated carbocycles. The third kappa shape index (κ3) is 6.36. The lowest BCUT2D eigenvalue weighted by Crippen LogP contribution is -2.51. The maximum Gasteiger partial charge on any atom is 0.242 e. The fourth-order valence-corrected chi connectivity index (χ4v) is 7.03. The molecule has 2 aliphatic carbocycles. The lowest BCUT2D eigenvalue weighted by Gasteiger charge is -2.35. The zero-order valence-corrected chi connectivity index (χ0v) is 21.5. The van der Waals surface area contributed by atoms with Crippen molar-refractivity contribution in [1.82, 2.24) is 15.1 Å². The largest absolute Gasteiger partial charge is 0.347 e. The Hall–Kier alpha value is -1.47. The van der Waals surface area contributed by atoms with Crippen molar-refractivity contribution in [3.05, 3.63) is 34.1 Å². The summed E-state index contributed by atoms with van der Waals surface area (Å²) in [4.78, 5) is 29.3. The van der Waals surface area contributed by atoms with E-state index in [-0.39, 0.29) is 29.6 Å². The van der Waals surface area contributed by atoms with E-state index in [4.69, 9.17) is 0 Å². The van der Waals surface area contributed by atoms with Crippen LogP contribution in [0.5, 0.6) is 0 Å². The molecule has 1 heterocycles. The van der Waals surface area contributed by atoms with Crippen LogP contribution in [0, 0.1) is 29.0 Å². The number of nitrogens with zero attached hydrogens (tertiary/aromatic N) is 2. The van der Waals surface area contributed by atoms with Gasteiger partial charge in [0.1, 0.15) is 5.82 Å². The van der Waals surface area contributed by atoms with Crippen LogP contribution in [0.25, 0.3) is 0 Å². The smallest absolute Gasteiger partial charge is 0.242 e. The number of piperazine rings is 1. The Morgan fingerprint density at radius 2 is 1.79 bits per heavy atom. The predicted octanol–water partition coefficient (Wildman–Crippen LogP) is 4.59. The summed E-state index contributed by atoms with van der Waals surface area (Å²) in [5.74, 6) is 2.21. The normalized spacial score (nSPS) is 29.8. The molecule has 2 atom stereocenters. The van der Waals surface area contributed by atoms with Crippen LogP contribution in [0.3, 0.4) is 0 Å². The molecule has 7 heteroatoms. The minimum atomic E-state index is -0.247. The Bertz CT molecular complexity index is 837. The van der Waals surface area contributed by atoms with E-state index < -0.39 is 0 Å². The van der Waals surface area contributed by atoms with Crippen molar-refractivity contribution in [3.63, 3.8) is 0 Å². The minimum Gasteiger partial charge on any atom is -0.347 e. The summed E-state index contributed by atoms with van der Waals surface area (Å²) in [6.07, 6.45) is 6.78. The topological polar surface area (TPSA) is 52.7 Å². The van der Waals surface area contributed by atoms with Crippen LogP contribution in [0.1, 0.15) is 57.9 Å². The van der Waals surface area contributed by atoms with Gasteiger partial charge in [0.25, 0.3) is 0 Å². The van der Waals surface area contributed by atoms with Crippen molar-refractivity contribution >= 4 is 27.7 Å². The highest BCUT2D eigenvalue weighted by atomic mass is 79.9. The first kappa shape index (κ1) is 24.6. The van der Waals surface area contributed by atoms with E-state index >= 15 is 0 Å². The Balaban J connectivity index is 1.16. The summed E-state index contributed by atoms with van der Waals surface area (Å²) in [5, 5.41) is 2.89. The lowest BCUT2D eigenvalue weighted by atomic mass is 9.81. The Kier molecular flexibility index (Phi) is 7.79. The fraction of sp³-hybridized carbons (Fsp3) is 0.692. The van der Waals surface area contributed by atoms with Gasteiger partial charge in [0.05, 0.1) is 6.54 Å². The van der Waals surface area contributed by atoms with Crippen molar-refractivity contribution in [2.24, 2.45) is 23.2 Å². The average Bonchev–Trinajstić information content (AvgIpc) is 3.26. The molecule has 3 fully saturated rings. The first-order valence-corrected chi connectivity index (χ1v) is 13.2. The second kappa shape index (κ2) is 10.4. The van der Waals surface area contributed by atoms with E-state index in [2.05, 4.69) is 40.0 Å². The third-order valence-electron chi connectivity index (χ3n) is 8.10. The summed E-state index contributed by atoms with van der Waals surface area (Å²) >= 11 is 3.34. The number of fused-ring (bicyclic) bond motifs is 1. The molecule has 33 heavy (non-hydrogen) atoms. The zero-order valence-electron chi connectivity index (χ0n) is 19.9. The molecule has 4 rings (SSSR count). The molecule has 1 aliphatic heterocycles. The van der Waals surface area contributed by atoms with Gasteiger partial charge in [0, 0.05) is 43.6 Å². The first-order chi connectivity index (χ1) is 15.7. The van der Waals surface area contributed by atoms with Crippen molar-refractivity contribution < 1.29 is 14.0 Å². The zero-order chi connectivity index (χ0) is 23.6. The highest BCUT2D eigenvalue weighted by Gasteiger charge is 2.47. The maximum atomic E-state index is 13.6. The van der Waals surface area contributed by atoms with Gasteiger partial charge in [-0.05, 0) is 72.6 Å². The summed E-state index contributed by atoms with van der Waals surface area (Å²) < 4.78 is 14.3. The van der Waals surface area contributed by atoms with Crippen LogP contribution < -0.4 is 5.32 Å². The molecule has 182 valence electrons. The van der Waals surface area contributed by atoms with Gasteiger partial charge >= 0.3 is 0 Å². The summed E-state index contributed by atoms with van der Waals surface area (Å²) in [7, 11) is 0. The van der Waals surface area contributed by atoms with Gasteiger partial charge in [-0.25, -0.2) is 4.39 Å². The number of nitrogens with one attached hydrogen (secondary N) is 1. The number of amides is 2.